The van der Waals surface area contributed by atoms with Crippen LogP contribution in [0.25, 0.3) is 0 Å². The second-order valence-corrected chi connectivity index (χ2v) is 3.58. The molecule has 0 spiro atoms. The van der Waals surface area contributed by atoms with Crippen molar-refractivity contribution >= 4 is 0 Å². The highest BCUT2D eigenvalue weighted by molar-refractivity contribution is 5.45. The summed E-state index contributed by atoms with van der Waals surface area (Å²) in [5.41, 5.74) is 6.22. The minimum Gasteiger partial charge on any atom is -0.0645 e. The average Bonchev–Trinajstić information content (AvgIpc) is 2.17. The topological polar surface area (TPSA) is 0 Å². The number of rotatable bonds is 1. The fourth-order valence-electron chi connectivity index (χ4n) is 2.05. The molecule has 0 saturated heterocycles. The molecule has 1 rings (SSSR count). The minimum atomic E-state index is 0.745. The van der Waals surface area contributed by atoms with Crippen molar-refractivity contribution in [3.8, 4) is 0 Å². The smallest absolute Gasteiger partial charge is 0.00104 e. The fourth-order valence-corrected chi connectivity index (χ4v) is 2.05. The van der Waals surface area contributed by atoms with Crippen molar-refractivity contribution in [2.24, 2.45) is 5.92 Å². The Hall–Kier alpha value is -0.520. The van der Waals surface area contributed by atoms with Crippen molar-refractivity contribution in [3.05, 3.63) is 22.3 Å². The highest BCUT2D eigenvalue weighted by atomic mass is 14.3. The molecule has 0 aromatic rings. The Morgan fingerprint density at radius 3 is 1.45 bits per heavy atom. The third-order valence-corrected chi connectivity index (χ3v) is 3.20. The second kappa shape index (κ2) is 2.84. The summed E-state index contributed by atoms with van der Waals surface area (Å²) >= 11 is 0. The van der Waals surface area contributed by atoms with E-state index in [2.05, 4.69) is 34.6 Å². The van der Waals surface area contributed by atoms with Gasteiger partial charge in [0, 0.05) is 5.92 Å². The van der Waals surface area contributed by atoms with E-state index in [0.717, 1.165) is 5.92 Å². The van der Waals surface area contributed by atoms with Gasteiger partial charge in [0.15, 0.2) is 0 Å². The first-order valence-electron chi connectivity index (χ1n) is 4.44. The van der Waals surface area contributed by atoms with E-state index >= 15 is 0 Å². The zero-order chi connectivity index (χ0) is 8.59. The monoisotopic (exact) mass is 150 g/mol. The van der Waals surface area contributed by atoms with Crippen molar-refractivity contribution in [1.82, 2.24) is 0 Å². The van der Waals surface area contributed by atoms with Crippen molar-refractivity contribution in [1.29, 1.82) is 0 Å². The third-order valence-electron chi connectivity index (χ3n) is 3.20. The van der Waals surface area contributed by atoms with Crippen LogP contribution in [0.4, 0.5) is 0 Å². The predicted octanol–water partition coefficient (Wildman–Crippen LogP) is 3.70. The van der Waals surface area contributed by atoms with Crippen LogP contribution in [0.2, 0.25) is 0 Å². The quantitative estimate of drug-likeness (QED) is 0.534. The van der Waals surface area contributed by atoms with E-state index < -0.39 is 0 Å². The molecule has 1 aliphatic carbocycles. The predicted molar refractivity (Wildman–Crippen MR) is 50.5 cm³/mol. The lowest BCUT2D eigenvalue weighted by atomic mass is 9.94. The summed E-state index contributed by atoms with van der Waals surface area (Å²) in [5, 5.41) is 0. The first-order valence-corrected chi connectivity index (χ1v) is 4.44. The van der Waals surface area contributed by atoms with E-state index in [1.165, 1.54) is 17.6 Å². The van der Waals surface area contributed by atoms with Crippen LogP contribution >= 0.6 is 0 Å². The van der Waals surface area contributed by atoms with Crippen molar-refractivity contribution in [3.63, 3.8) is 0 Å². The van der Waals surface area contributed by atoms with Gasteiger partial charge >= 0.3 is 0 Å². The van der Waals surface area contributed by atoms with Crippen molar-refractivity contribution in [2.45, 2.75) is 41.0 Å². The molecule has 0 bridgehead atoms. The molecule has 0 amide bonds. The van der Waals surface area contributed by atoms with E-state index in [9.17, 15) is 0 Å². The van der Waals surface area contributed by atoms with Gasteiger partial charge in [-0.05, 0) is 45.3 Å². The zero-order valence-corrected chi connectivity index (χ0v) is 8.28. The molecular weight excluding hydrogens is 132 g/mol. The molecule has 0 aromatic heterocycles. The van der Waals surface area contributed by atoms with Crippen LogP contribution in [0.5, 0.6) is 0 Å². The highest BCUT2D eigenvalue weighted by Gasteiger charge is 2.21. The molecule has 11 heavy (non-hydrogen) atoms. The Kier molecular flexibility index (Phi) is 2.22. The maximum atomic E-state index is 2.27. The van der Waals surface area contributed by atoms with Crippen molar-refractivity contribution < 1.29 is 0 Å². The van der Waals surface area contributed by atoms with Gasteiger partial charge in [0.2, 0.25) is 0 Å². The molecular formula is C11H18. The summed E-state index contributed by atoms with van der Waals surface area (Å²) in [6.07, 6.45) is 1.26. The maximum absolute atomic E-state index is 2.27. The molecule has 0 nitrogen and oxygen atoms in total. The molecule has 0 atom stereocenters. The molecule has 62 valence electrons. The Bertz CT molecular complexity index is 204. The molecule has 0 fully saturated rings. The summed E-state index contributed by atoms with van der Waals surface area (Å²) in [7, 11) is 0. The van der Waals surface area contributed by atoms with E-state index in [-0.39, 0.29) is 0 Å². The van der Waals surface area contributed by atoms with Crippen LogP contribution in [0, 0.1) is 5.92 Å². The van der Waals surface area contributed by atoms with Gasteiger partial charge in [0.25, 0.3) is 0 Å². The van der Waals surface area contributed by atoms with Gasteiger partial charge in [-0.2, -0.15) is 0 Å². The lowest BCUT2D eigenvalue weighted by molar-refractivity contribution is 0.694. The van der Waals surface area contributed by atoms with Gasteiger partial charge in [0.1, 0.15) is 0 Å². The third kappa shape index (κ3) is 1.15. The average molecular weight is 150 g/mol. The van der Waals surface area contributed by atoms with Gasteiger partial charge in [-0.3, -0.25) is 0 Å². The van der Waals surface area contributed by atoms with Crippen LogP contribution in [-0.4, -0.2) is 0 Å². The number of hydrogen-bond donors (Lipinski definition) is 0. The summed E-state index contributed by atoms with van der Waals surface area (Å²) in [6, 6.07) is 0. The number of hydrogen-bond acceptors (Lipinski definition) is 0. The van der Waals surface area contributed by atoms with Gasteiger partial charge in [0.05, 0.1) is 0 Å². The van der Waals surface area contributed by atoms with E-state index in [1.54, 1.807) is 11.1 Å². The fraction of sp³-hybridized carbons (Fsp3) is 0.636. The SMILES string of the molecule is CCC1C(C)=C(C)C(C)=C1C. The van der Waals surface area contributed by atoms with Crippen LogP contribution in [0.3, 0.4) is 0 Å². The Balaban J connectivity index is 3.04. The Morgan fingerprint density at radius 1 is 0.909 bits per heavy atom. The van der Waals surface area contributed by atoms with Gasteiger partial charge < -0.3 is 0 Å². The summed E-state index contributed by atoms with van der Waals surface area (Å²) < 4.78 is 0. The van der Waals surface area contributed by atoms with Crippen LogP contribution in [0.1, 0.15) is 41.0 Å². The first kappa shape index (κ1) is 8.58. The van der Waals surface area contributed by atoms with Crippen LogP contribution in [0.15, 0.2) is 22.3 Å². The van der Waals surface area contributed by atoms with Crippen LogP contribution < -0.4 is 0 Å². The molecule has 0 saturated carbocycles. The molecule has 0 radical (unpaired) electrons. The zero-order valence-electron chi connectivity index (χ0n) is 8.28. The van der Waals surface area contributed by atoms with E-state index in [1.807, 2.05) is 0 Å². The molecule has 0 heterocycles. The maximum Gasteiger partial charge on any atom is 0.00104 e. The highest BCUT2D eigenvalue weighted by Crippen LogP contribution is 2.37. The summed E-state index contributed by atoms with van der Waals surface area (Å²) in [4.78, 5) is 0. The lowest BCUT2D eigenvalue weighted by Gasteiger charge is -2.10. The Labute approximate surface area is 70.0 Å². The molecule has 0 N–H and O–H groups in total. The number of allylic oxidation sites excluding steroid dienone is 4. The molecule has 0 heteroatoms. The molecule has 1 aliphatic rings. The minimum absolute atomic E-state index is 0.745. The second-order valence-electron chi connectivity index (χ2n) is 3.58. The molecule has 0 aliphatic heterocycles. The van der Waals surface area contributed by atoms with Gasteiger partial charge in [-0.15, -0.1) is 0 Å². The van der Waals surface area contributed by atoms with Crippen molar-refractivity contribution in [2.75, 3.05) is 0 Å². The Morgan fingerprint density at radius 2 is 1.27 bits per heavy atom. The molecule has 0 aromatic carbocycles. The lowest BCUT2D eigenvalue weighted by Crippen LogP contribution is -1.97. The van der Waals surface area contributed by atoms with Gasteiger partial charge in [-0.1, -0.05) is 18.1 Å². The molecule has 0 unspecified atom stereocenters. The first-order chi connectivity index (χ1) is 5.09. The van der Waals surface area contributed by atoms with E-state index in [4.69, 9.17) is 0 Å². The standard InChI is InChI=1S/C11H18/c1-6-11-9(4)7(2)8(3)10(11)5/h11H,6H2,1-5H3. The largest absolute Gasteiger partial charge is 0.0645 e. The van der Waals surface area contributed by atoms with Crippen LogP contribution in [-0.2, 0) is 0 Å². The summed E-state index contributed by atoms with van der Waals surface area (Å²) in [6.45, 7) is 11.3. The normalized spacial score (nSPS) is 20.5. The van der Waals surface area contributed by atoms with E-state index in [0.29, 0.717) is 0 Å². The van der Waals surface area contributed by atoms with Gasteiger partial charge in [-0.25, -0.2) is 0 Å². The summed E-state index contributed by atoms with van der Waals surface area (Å²) in [5.74, 6) is 0.745.